The van der Waals surface area contributed by atoms with Crippen molar-refractivity contribution in [1.29, 1.82) is 0 Å². The molecule has 0 saturated carbocycles. The van der Waals surface area contributed by atoms with Crippen LogP contribution in [0.3, 0.4) is 0 Å². The van der Waals surface area contributed by atoms with E-state index in [4.69, 9.17) is 0 Å². The van der Waals surface area contributed by atoms with Gasteiger partial charge >= 0.3 is 0 Å². The van der Waals surface area contributed by atoms with Crippen molar-refractivity contribution in [2.24, 2.45) is 0 Å². The van der Waals surface area contributed by atoms with E-state index >= 15 is 0 Å². The van der Waals surface area contributed by atoms with E-state index in [2.05, 4.69) is 26.1 Å². The molecule has 2 aliphatic heterocycles. The fourth-order valence-corrected chi connectivity index (χ4v) is 4.02. The lowest BCUT2D eigenvalue weighted by Gasteiger charge is -2.28. The normalized spacial score (nSPS) is 23.6. The van der Waals surface area contributed by atoms with Crippen LogP contribution in [0.2, 0.25) is 0 Å². The smallest absolute Gasteiger partial charge is 0.238 e. The molecule has 28 heavy (non-hydrogen) atoms. The number of pyridine rings is 1. The van der Waals surface area contributed by atoms with Crippen molar-refractivity contribution in [3.63, 3.8) is 0 Å². The molecule has 2 saturated heterocycles. The number of amides is 1. The Labute approximate surface area is 164 Å². The molecule has 0 radical (unpaired) electrons. The molecule has 0 aliphatic carbocycles. The largest absolute Gasteiger partial charge is 0.353 e. The zero-order chi connectivity index (χ0) is 19.3. The van der Waals surface area contributed by atoms with Gasteiger partial charge in [-0.1, -0.05) is 18.2 Å². The van der Waals surface area contributed by atoms with Crippen molar-refractivity contribution < 1.29 is 9.18 Å². The lowest BCUT2D eigenvalue weighted by Crippen LogP contribution is -2.46. The SMILES string of the molecule is O=C(NCC(c1ccc(F)cc1)N1CCCC1)C1CC(c2ccccn2)NN1. The molecule has 2 aromatic rings. The Balaban J connectivity index is 1.37. The minimum absolute atomic E-state index is 0.0171. The van der Waals surface area contributed by atoms with Crippen LogP contribution in [0, 0.1) is 5.82 Å². The van der Waals surface area contributed by atoms with E-state index in [1.807, 2.05) is 30.3 Å². The fraction of sp³-hybridized carbons (Fsp3) is 0.429. The Hall–Kier alpha value is -2.35. The Morgan fingerprint density at radius 3 is 2.68 bits per heavy atom. The number of likely N-dealkylation sites (tertiary alicyclic amines) is 1. The number of aromatic nitrogens is 1. The maximum atomic E-state index is 13.3. The Bertz CT molecular complexity index is 779. The number of hydrazine groups is 1. The number of hydrogen-bond donors (Lipinski definition) is 3. The number of rotatable bonds is 6. The van der Waals surface area contributed by atoms with Gasteiger partial charge in [0.15, 0.2) is 0 Å². The topological polar surface area (TPSA) is 69.3 Å². The first-order valence-corrected chi connectivity index (χ1v) is 9.90. The molecule has 3 heterocycles. The summed E-state index contributed by atoms with van der Waals surface area (Å²) < 4.78 is 13.3. The molecule has 0 bridgehead atoms. The number of nitrogens with one attached hydrogen (secondary N) is 3. The van der Waals surface area contributed by atoms with E-state index in [0.29, 0.717) is 13.0 Å². The van der Waals surface area contributed by atoms with Crippen molar-refractivity contribution in [1.82, 2.24) is 26.1 Å². The highest BCUT2D eigenvalue weighted by Gasteiger charge is 2.31. The summed E-state index contributed by atoms with van der Waals surface area (Å²) in [6.45, 7) is 2.52. The predicted octanol–water partition coefficient (Wildman–Crippen LogP) is 2.08. The molecule has 3 N–H and O–H groups in total. The molecule has 2 fully saturated rings. The van der Waals surface area contributed by atoms with Gasteiger partial charge in [0.25, 0.3) is 0 Å². The lowest BCUT2D eigenvalue weighted by atomic mass is 10.0. The molecule has 4 rings (SSSR count). The zero-order valence-electron chi connectivity index (χ0n) is 15.8. The Morgan fingerprint density at radius 2 is 1.96 bits per heavy atom. The van der Waals surface area contributed by atoms with E-state index in [1.165, 1.54) is 12.1 Å². The second-order valence-electron chi connectivity index (χ2n) is 7.44. The van der Waals surface area contributed by atoms with Crippen LogP contribution in [0.25, 0.3) is 0 Å². The van der Waals surface area contributed by atoms with Crippen LogP contribution in [0.4, 0.5) is 4.39 Å². The van der Waals surface area contributed by atoms with Crippen LogP contribution >= 0.6 is 0 Å². The third-order valence-corrected chi connectivity index (χ3v) is 5.57. The van der Waals surface area contributed by atoms with Crippen LogP contribution in [0.1, 0.15) is 42.6 Å². The second-order valence-corrected chi connectivity index (χ2v) is 7.44. The lowest BCUT2D eigenvalue weighted by molar-refractivity contribution is -0.123. The molecule has 148 valence electrons. The molecule has 6 nitrogen and oxygen atoms in total. The summed E-state index contributed by atoms with van der Waals surface area (Å²) in [5.74, 6) is -0.271. The minimum Gasteiger partial charge on any atom is -0.353 e. The molecular weight excluding hydrogens is 357 g/mol. The van der Waals surface area contributed by atoms with Crippen molar-refractivity contribution >= 4 is 5.91 Å². The summed E-state index contributed by atoms with van der Waals surface area (Å²) in [5.41, 5.74) is 8.20. The standard InChI is InChI=1S/C21H26FN5O/c22-16-8-6-15(7-9-16)20(27-11-3-4-12-27)14-24-21(28)19-13-18(25-26-19)17-5-1-2-10-23-17/h1-2,5-10,18-20,25-26H,3-4,11-14H2,(H,24,28). The molecule has 0 spiro atoms. The fourth-order valence-electron chi connectivity index (χ4n) is 4.02. The van der Waals surface area contributed by atoms with E-state index in [9.17, 15) is 9.18 Å². The van der Waals surface area contributed by atoms with Gasteiger partial charge < -0.3 is 5.32 Å². The van der Waals surface area contributed by atoms with Crippen LogP contribution in [0.5, 0.6) is 0 Å². The van der Waals surface area contributed by atoms with Gasteiger partial charge in [0, 0.05) is 12.7 Å². The van der Waals surface area contributed by atoms with Crippen LogP contribution in [0.15, 0.2) is 48.7 Å². The van der Waals surface area contributed by atoms with Crippen LogP contribution in [-0.2, 0) is 4.79 Å². The van der Waals surface area contributed by atoms with Gasteiger partial charge in [0.05, 0.1) is 17.8 Å². The second kappa shape index (κ2) is 8.77. The highest BCUT2D eigenvalue weighted by atomic mass is 19.1. The molecule has 3 unspecified atom stereocenters. The van der Waals surface area contributed by atoms with Gasteiger partial charge in [-0.05, 0) is 62.2 Å². The summed E-state index contributed by atoms with van der Waals surface area (Å²) in [6.07, 6.45) is 4.72. The van der Waals surface area contributed by atoms with Gasteiger partial charge in [0.1, 0.15) is 11.9 Å². The number of nitrogens with zero attached hydrogens (tertiary/aromatic N) is 2. The Morgan fingerprint density at radius 1 is 1.18 bits per heavy atom. The van der Waals surface area contributed by atoms with E-state index in [0.717, 1.165) is 37.2 Å². The average molecular weight is 383 g/mol. The van der Waals surface area contributed by atoms with Gasteiger partial charge in [-0.25, -0.2) is 15.2 Å². The zero-order valence-corrected chi connectivity index (χ0v) is 15.8. The summed E-state index contributed by atoms with van der Waals surface area (Å²) >= 11 is 0. The molecule has 2 aliphatic rings. The van der Waals surface area contributed by atoms with Crippen molar-refractivity contribution in [3.05, 3.63) is 65.7 Å². The molecule has 1 aromatic heterocycles. The summed E-state index contributed by atoms with van der Waals surface area (Å²) in [5, 5.41) is 3.09. The number of carbonyl (C=O) groups is 1. The van der Waals surface area contributed by atoms with Gasteiger partial charge in [-0.15, -0.1) is 0 Å². The van der Waals surface area contributed by atoms with E-state index in [-0.39, 0.29) is 29.8 Å². The summed E-state index contributed by atoms with van der Waals surface area (Å²) in [4.78, 5) is 19.4. The average Bonchev–Trinajstić information content (AvgIpc) is 3.42. The molecule has 1 amide bonds. The Kier molecular flexibility index (Phi) is 5.95. The number of benzene rings is 1. The van der Waals surface area contributed by atoms with Crippen LogP contribution < -0.4 is 16.2 Å². The summed E-state index contributed by atoms with van der Waals surface area (Å²) in [6, 6.07) is 12.2. The van der Waals surface area contributed by atoms with Crippen molar-refractivity contribution in [2.75, 3.05) is 19.6 Å². The van der Waals surface area contributed by atoms with Gasteiger partial charge in [0.2, 0.25) is 5.91 Å². The molecule has 3 atom stereocenters. The van der Waals surface area contributed by atoms with Gasteiger partial charge in [-0.3, -0.25) is 14.7 Å². The monoisotopic (exact) mass is 383 g/mol. The third-order valence-electron chi connectivity index (χ3n) is 5.57. The summed E-state index contributed by atoms with van der Waals surface area (Å²) in [7, 11) is 0. The first kappa shape index (κ1) is 19.0. The first-order chi connectivity index (χ1) is 13.7. The highest BCUT2D eigenvalue weighted by molar-refractivity contribution is 5.82. The molecule has 1 aromatic carbocycles. The van der Waals surface area contributed by atoms with Crippen molar-refractivity contribution in [2.45, 2.75) is 37.4 Å². The van der Waals surface area contributed by atoms with E-state index in [1.54, 1.807) is 6.20 Å². The highest BCUT2D eigenvalue weighted by Crippen LogP contribution is 2.25. The molecular formula is C21H26FN5O. The van der Waals surface area contributed by atoms with E-state index < -0.39 is 0 Å². The maximum absolute atomic E-state index is 13.3. The third kappa shape index (κ3) is 4.38. The first-order valence-electron chi connectivity index (χ1n) is 9.90. The van der Waals surface area contributed by atoms with Crippen molar-refractivity contribution in [3.8, 4) is 0 Å². The predicted molar refractivity (Wildman–Crippen MR) is 105 cm³/mol. The number of hydrogen-bond acceptors (Lipinski definition) is 5. The number of halogens is 1. The van der Waals surface area contributed by atoms with Crippen LogP contribution in [-0.4, -0.2) is 41.5 Å². The maximum Gasteiger partial charge on any atom is 0.238 e. The number of carbonyl (C=O) groups excluding carboxylic acids is 1. The molecule has 7 heteroatoms. The minimum atomic E-state index is -0.306. The van der Waals surface area contributed by atoms with Gasteiger partial charge in [-0.2, -0.15) is 0 Å². The quantitative estimate of drug-likeness (QED) is 0.713.